The van der Waals surface area contributed by atoms with Crippen LogP contribution in [0.3, 0.4) is 0 Å². The molecule has 1 amide bonds. The number of thiol groups is 1. The molecular formula is C11H14N2O2S2. The molecule has 0 saturated carbocycles. The summed E-state index contributed by atoms with van der Waals surface area (Å²) in [5.74, 6) is -0.160. The van der Waals surface area contributed by atoms with E-state index >= 15 is 0 Å². The first-order chi connectivity index (χ1) is 8.24. The SMILES string of the molecule is O=C(CCCNC(=O)c1cccnc1)SCS. The van der Waals surface area contributed by atoms with Gasteiger partial charge in [-0.15, -0.1) is 0 Å². The summed E-state index contributed by atoms with van der Waals surface area (Å²) in [6, 6.07) is 3.41. The van der Waals surface area contributed by atoms with E-state index in [0.29, 0.717) is 30.0 Å². The van der Waals surface area contributed by atoms with Crippen LogP contribution < -0.4 is 5.32 Å². The second-order valence-corrected chi connectivity index (χ2v) is 5.02. The van der Waals surface area contributed by atoms with Crippen LogP contribution in [0.1, 0.15) is 23.2 Å². The summed E-state index contributed by atoms with van der Waals surface area (Å²) < 4.78 is 0. The Hall–Kier alpha value is -1.01. The van der Waals surface area contributed by atoms with Crippen LogP contribution in [0.5, 0.6) is 0 Å². The van der Waals surface area contributed by atoms with Gasteiger partial charge in [0.05, 0.1) is 5.56 Å². The smallest absolute Gasteiger partial charge is 0.252 e. The van der Waals surface area contributed by atoms with Gasteiger partial charge in [-0.2, -0.15) is 12.6 Å². The number of hydrogen-bond donors (Lipinski definition) is 2. The Bertz CT molecular complexity index is 371. The molecule has 0 fully saturated rings. The summed E-state index contributed by atoms with van der Waals surface area (Å²) in [5.41, 5.74) is 0.531. The number of nitrogens with zero attached hydrogens (tertiary/aromatic N) is 1. The maximum absolute atomic E-state index is 11.6. The first-order valence-corrected chi connectivity index (χ1v) is 6.80. The zero-order valence-electron chi connectivity index (χ0n) is 9.26. The molecule has 0 aliphatic heterocycles. The summed E-state index contributed by atoms with van der Waals surface area (Å²) in [6.45, 7) is 0.493. The maximum Gasteiger partial charge on any atom is 0.252 e. The molecule has 1 heterocycles. The molecule has 17 heavy (non-hydrogen) atoms. The summed E-state index contributed by atoms with van der Waals surface area (Å²) in [4.78, 5) is 26.6. The molecule has 0 aliphatic carbocycles. The van der Waals surface area contributed by atoms with Crippen LogP contribution in [-0.2, 0) is 4.79 Å². The van der Waals surface area contributed by atoms with E-state index in [9.17, 15) is 9.59 Å². The molecule has 0 spiro atoms. The molecule has 92 valence electrons. The summed E-state index contributed by atoms with van der Waals surface area (Å²) in [5, 5.41) is 3.34. The van der Waals surface area contributed by atoms with E-state index in [-0.39, 0.29) is 11.0 Å². The summed E-state index contributed by atoms with van der Waals surface area (Å²) >= 11 is 5.14. The molecule has 0 aliphatic rings. The Morgan fingerprint density at radius 2 is 2.29 bits per heavy atom. The lowest BCUT2D eigenvalue weighted by atomic mass is 10.2. The number of nitrogens with one attached hydrogen (secondary N) is 1. The topological polar surface area (TPSA) is 59.1 Å². The van der Waals surface area contributed by atoms with E-state index in [2.05, 4.69) is 22.9 Å². The third-order valence-electron chi connectivity index (χ3n) is 1.99. The number of carbonyl (C=O) groups excluding carboxylic acids is 2. The second-order valence-electron chi connectivity index (χ2n) is 3.25. The summed E-state index contributed by atoms with van der Waals surface area (Å²) in [7, 11) is 0. The van der Waals surface area contributed by atoms with Gasteiger partial charge in [-0.05, 0) is 18.6 Å². The van der Waals surface area contributed by atoms with E-state index in [4.69, 9.17) is 0 Å². The number of amides is 1. The number of rotatable bonds is 6. The molecule has 0 saturated heterocycles. The first-order valence-electron chi connectivity index (χ1n) is 5.18. The van der Waals surface area contributed by atoms with E-state index < -0.39 is 0 Å². The third kappa shape index (κ3) is 5.74. The summed E-state index contributed by atoms with van der Waals surface area (Å²) in [6.07, 6.45) is 4.23. The van der Waals surface area contributed by atoms with Gasteiger partial charge in [0.1, 0.15) is 0 Å². The number of aromatic nitrogens is 1. The van der Waals surface area contributed by atoms with Gasteiger partial charge in [0.2, 0.25) is 0 Å². The van der Waals surface area contributed by atoms with Crippen LogP contribution in [-0.4, -0.2) is 27.6 Å². The van der Waals surface area contributed by atoms with Crippen LogP contribution in [0.25, 0.3) is 0 Å². The highest BCUT2D eigenvalue weighted by atomic mass is 32.2. The van der Waals surface area contributed by atoms with E-state index in [1.165, 1.54) is 18.0 Å². The molecule has 1 aromatic rings. The first kappa shape index (κ1) is 14.1. The molecule has 0 bridgehead atoms. The van der Waals surface area contributed by atoms with Crippen molar-refractivity contribution in [2.75, 3.05) is 11.6 Å². The zero-order valence-corrected chi connectivity index (χ0v) is 11.0. The highest BCUT2D eigenvalue weighted by Crippen LogP contribution is 2.08. The fourth-order valence-electron chi connectivity index (χ4n) is 1.18. The van der Waals surface area contributed by atoms with Gasteiger partial charge in [0.25, 0.3) is 5.91 Å². The predicted molar refractivity (Wildman–Crippen MR) is 72.3 cm³/mol. The van der Waals surface area contributed by atoms with Gasteiger partial charge in [0.15, 0.2) is 5.12 Å². The quantitative estimate of drug-likeness (QED) is 0.469. The van der Waals surface area contributed by atoms with Crippen molar-refractivity contribution in [3.05, 3.63) is 30.1 Å². The van der Waals surface area contributed by atoms with Gasteiger partial charge >= 0.3 is 0 Å². The van der Waals surface area contributed by atoms with Crippen molar-refractivity contribution in [1.29, 1.82) is 0 Å². The molecule has 1 aromatic heterocycles. The highest BCUT2D eigenvalue weighted by molar-refractivity contribution is 8.20. The molecule has 0 unspecified atom stereocenters. The Labute approximate surface area is 110 Å². The molecular weight excluding hydrogens is 256 g/mol. The van der Waals surface area contributed by atoms with E-state index in [1.54, 1.807) is 18.3 Å². The third-order valence-corrected chi connectivity index (χ3v) is 3.03. The van der Waals surface area contributed by atoms with Crippen molar-refractivity contribution in [2.45, 2.75) is 12.8 Å². The fourth-order valence-corrected chi connectivity index (χ4v) is 2.04. The van der Waals surface area contributed by atoms with E-state index in [0.717, 1.165) is 0 Å². The lowest BCUT2D eigenvalue weighted by molar-refractivity contribution is -0.111. The standard InChI is InChI=1S/C11H14N2O2S2/c14-10(17-8-16)4-2-6-13-11(15)9-3-1-5-12-7-9/h1,3,5,7,16H,2,4,6,8H2,(H,13,15). The second kappa shape index (κ2) is 8.14. The average molecular weight is 270 g/mol. The van der Waals surface area contributed by atoms with E-state index in [1.807, 2.05) is 0 Å². The predicted octanol–water partition coefficient (Wildman–Crippen LogP) is 1.74. The van der Waals surface area contributed by atoms with Gasteiger partial charge in [-0.3, -0.25) is 14.6 Å². The number of thioether (sulfide) groups is 1. The van der Waals surface area contributed by atoms with Crippen molar-refractivity contribution < 1.29 is 9.59 Å². The fraction of sp³-hybridized carbons (Fsp3) is 0.364. The van der Waals surface area contributed by atoms with Crippen molar-refractivity contribution in [1.82, 2.24) is 10.3 Å². The molecule has 6 heteroatoms. The zero-order chi connectivity index (χ0) is 12.5. The van der Waals surface area contributed by atoms with Crippen molar-refractivity contribution in [3.8, 4) is 0 Å². The van der Waals surface area contributed by atoms with Crippen LogP contribution in [0.4, 0.5) is 0 Å². The number of carbonyl (C=O) groups is 2. The number of pyridine rings is 1. The minimum absolute atomic E-state index is 0.107. The van der Waals surface area contributed by atoms with Crippen LogP contribution in [0.2, 0.25) is 0 Å². The minimum Gasteiger partial charge on any atom is -0.352 e. The normalized spacial score (nSPS) is 9.94. The monoisotopic (exact) mass is 270 g/mol. The Morgan fingerprint density at radius 1 is 1.47 bits per heavy atom. The van der Waals surface area contributed by atoms with Crippen molar-refractivity contribution in [3.63, 3.8) is 0 Å². The Balaban J connectivity index is 2.19. The van der Waals surface area contributed by atoms with Crippen molar-refractivity contribution in [2.24, 2.45) is 0 Å². The maximum atomic E-state index is 11.6. The molecule has 0 radical (unpaired) electrons. The lowest BCUT2D eigenvalue weighted by Gasteiger charge is -2.03. The molecule has 1 rings (SSSR count). The largest absolute Gasteiger partial charge is 0.352 e. The van der Waals surface area contributed by atoms with Gasteiger partial charge in [0, 0.05) is 30.4 Å². The number of hydrogen-bond acceptors (Lipinski definition) is 5. The Kier molecular flexibility index (Phi) is 6.73. The van der Waals surface area contributed by atoms with Gasteiger partial charge < -0.3 is 5.32 Å². The Morgan fingerprint density at radius 3 is 2.94 bits per heavy atom. The average Bonchev–Trinajstić information content (AvgIpc) is 2.36. The van der Waals surface area contributed by atoms with Crippen LogP contribution in [0.15, 0.2) is 24.5 Å². The van der Waals surface area contributed by atoms with Crippen LogP contribution in [0, 0.1) is 0 Å². The molecule has 4 nitrogen and oxygen atoms in total. The molecule has 0 atom stereocenters. The van der Waals surface area contributed by atoms with Gasteiger partial charge in [-0.25, -0.2) is 0 Å². The molecule has 1 N–H and O–H groups in total. The lowest BCUT2D eigenvalue weighted by Crippen LogP contribution is -2.24. The minimum atomic E-state index is -0.160. The van der Waals surface area contributed by atoms with Gasteiger partial charge in [-0.1, -0.05) is 11.8 Å². The highest BCUT2D eigenvalue weighted by Gasteiger charge is 2.05. The van der Waals surface area contributed by atoms with Crippen molar-refractivity contribution >= 4 is 35.4 Å². The molecule has 0 aromatic carbocycles. The van der Waals surface area contributed by atoms with Crippen LogP contribution >= 0.6 is 24.4 Å².